The Morgan fingerprint density at radius 3 is 3.06 bits per heavy atom. The summed E-state index contributed by atoms with van der Waals surface area (Å²) < 4.78 is 1.69. The number of anilines is 1. The van der Waals surface area contributed by atoms with Crippen molar-refractivity contribution in [1.29, 1.82) is 0 Å². The minimum absolute atomic E-state index is 0.216. The Balaban J connectivity index is 2.12. The standard InChI is InChI=1S/C12H14N4O/c13-12-10-4-5-14-7-11(10)15-16(12)8-2-1-3-9(17)6-8/h1-3,6,14,17H,4-5,7,13H2. The lowest BCUT2D eigenvalue weighted by atomic mass is 10.1. The highest BCUT2D eigenvalue weighted by Gasteiger charge is 2.19. The number of aromatic nitrogens is 2. The van der Waals surface area contributed by atoms with Crippen LogP contribution in [0.4, 0.5) is 5.82 Å². The molecule has 3 rings (SSSR count). The van der Waals surface area contributed by atoms with Crippen LogP contribution < -0.4 is 11.1 Å². The summed E-state index contributed by atoms with van der Waals surface area (Å²) >= 11 is 0. The van der Waals surface area contributed by atoms with Crippen LogP contribution in [0.3, 0.4) is 0 Å². The molecule has 0 aliphatic carbocycles. The minimum atomic E-state index is 0.216. The van der Waals surface area contributed by atoms with Gasteiger partial charge in [0.05, 0.1) is 11.4 Å². The quantitative estimate of drug-likeness (QED) is 0.677. The van der Waals surface area contributed by atoms with E-state index in [1.807, 2.05) is 6.07 Å². The summed E-state index contributed by atoms with van der Waals surface area (Å²) in [5.74, 6) is 0.889. The van der Waals surface area contributed by atoms with E-state index in [4.69, 9.17) is 5.73 Å². The Morgan fingerprint density at radius 1 is 1.41 bits per heavy atom. The summed E-state index contributed by atoms with van der Waals surface area (Å²) in [6, 6.07) is 6.94. The average molecular weight is 230 g/mol. The molecule has 0 spiro atoms. The van der Waals surface area contributed by atoms with Crippen LogP contribution in [-0.2, 0) is 13.0 Å². The predicted octanol–water partition coefficient (Wildman–Crippen LogP) is 0.806. The second-order valence-corrected chi connectivity index (χ2v) is 4.17. The lowest BCUT2D eigenvalue weighted by molar-refractivity contribution is 0.475. The Labute approximate surface area is 98.9 Å². The number of rotatable bonds is 1. The molecule has 1 aliphatic rings. The molecule has 0 fully saturated rings. The van der Waals surface area contributed by atoms with Gasteiger partial charge >= 0.3 is 0 Å². The number of nitrogen functional groups attached to an aromatic ring is 1. The molecule has 5 heteroatoms. The number of aromatic hydroxyl groups is 1. The van der Waals surface area contributed by atoms with Gasteiger partial charge in [-0.15, -0.1) is 0 Å². The summed E-state index contributed by atoms with van der Waals surface area (Å²) in [5, 5.41) is 17.2. The summed E-state index contributed by atoms with van der Waals surface area (Å²) in [6.45, 7) is 1.69. The predicted molar refractivity (Wildman–Crippen MR) is 65.1 cm³/mol. The minimum Gasteiger partial charge on any atom is -0.508 e. The number of nitrogens with zero attached hydrogens (tertiary/aromatic N) is 2. The molecule has 1 aromatic heterocycles. The summed E-state index contributed by atoms with van der Waals surface area (Å²) in [7, 11) is 0. The molecule has 2 heterocycles. The van der Waals surface area contributed by atoms with Gasteiger partial charge < -0.3 is 16.2 Å². The first-order valence-corrected chi connectivity index (χ1v) is 5.62. The monoisotopic (exact) mass is 230 g/mol. The normalized spacial score (nSPS) is 14.6. The number of nitrogens with one attached hydrogen (secondary N) is 1. The van der Waals surface area contributed by atoms with Crippen LogP contribution in [-0.4, -0.2) is 21.4 Å². The largest absolute Gasteiger partial charge is 0.508 e. The first-order valence-electron chi connectivity index (χ1n) is 5.62. The van der Waals surface area contributed by atoms with E-state index in [1.165, 1.54) is 0 Å². The van der Waals surface area contributed by atoms with Crippen molar-refractivity contribution in [3.63, 3.8) is 0 Å². The van der Waals surface area contributed by atoms with E-state index in [-0.39, 0.29) is 5.75 Å². The van der Waals surface area contributed by atoms with E-state index in [1.54, 1.807) is 22.9 Å². The van der Waals surface area contributed by atoms with Gasteiger partial charge in [-0.1, -0.05) is 6.07 Å². The number of benzene rings is 1. The number of nitrogens with two attached hydrogens (primary N) is 1. The molecule has 1 aliphatic heterocycles. The van der Waals surface area contributed by atoms with Gasteiger partial charge in [0.25, 0.3) is 0 Å². The molecule has 0 bridgehead atoms. The number of fused-ring (bicyclic) bond motifs is 1. The molecule has 4 N–H and O–H groups in total. The third-order valence-corrected chi connectivity index (χ3v) is 3.02. The molecular formula is C12H14N4O. The maximum atomic E-state index is 9.47. The third kappa shape index (κ3) is 1.64. The lowest BCUT2D eigenvalue weighted by Gasteiger charge is -2.10. The van der Waals surface area contributed by atoms with Crippen molar-refractivity contribution in [2.45, 2.75) is 13.0 Å². The van der Waals surface area contributed by atoms with Crippen molar-refractivity contribution in [3.8, 4) is 11.4 Å². The van der Waals surface area contributed by atoms with E-state index >= 15 is 0 Å². The highest BCUT2D eigenvalue weighted by atomic mass is 16.3. The number of hydrogen-bond donors (Lipinski definition) is 3. The molecule has 0 unspecified atom stereocenters. The topological polar surface area (TPSA) is 76.1 Å². The second kappa shape index (κ2) is 3.78. The fourth-order valence-electron chi connectivity index (χ4n) is 2.17. The first-order chi connectivity index (χ1) is 8.25. The Kier molecular flexibility index (Phi) is 2.26. The maximum absolute atomic E-state index is 9.47. The van der Waals surface area contributed by atoms with Crippen LogP contribution in [0.2, 0.25) is 0 Å². The van der Waals surface area contributed by atoms with Crippen molar-refractivity contribution < 1.29 is 5.11 Å². The van der Waals surface area contributed by atoms with Crippen molar-refractivity contribution in [2.24, 2.45) is 0 Å². The van der Waals surface area contributed by atoms with Crippen LogP contribution >= 0.6 is 0 Å². The summed E-state index contributed by atoms with van der Waals surface area (Å²) in [4.78, 5) is 0. The summed E-state index contributed by atoms with van der Waals surface area (Å²) in [5.41, 5.74) is 9.00. The Morgan fingerprint density at radius 2 is 2.29 bits per heavy atom. The van der Waals surface area contributed by atoms with Crippen molar-refractivity contribution in [3.05, 3.63) is 35.5 Å². The van der Waals surface area contributed by atoms with Crippen LogP contribution in [0.25, 0.3) is 5.69 Å². The van der Waals surface area contributed by atoms with Crippen LogP contribution in [0.15, 0.2) is 24.3 Å². The van der Waals surface area contributed by atoms with E-state index in [0.29, 0.717) is 5.82 Å². The zero-order chi connectivity index (χ0) is 11.8. The molecule has 0 amide bonds. The first kappa shape index (κ1) is 10.2. The molecule has 0 saturated heterocycles. The highest BCUT2D eigenvalue weighted by Crippen LogP contribution is 2.24. The molecule has 1 aromatic carbocycles. The molecule has 88 valence electrons. The molecule has 0 saturated carbocycles. The van der Waals surface area contributed by atoms with Crippen molar-refractivity contribution in [2.75, 3.05) is 12.3 Å². The van der Waals surface area contributed by atoms with Gasteiger partial charge in [0.15, 0.2) is 0 Å². The lowest BCUT2D eigenvalue weighted by Crippen LogP contribution is -2.23. The molecule has 17 heavy (non-hydrogen) atoms. The van der Waals surface area contributed by atoms with Gasteiger partial charge in [-0.2, -0.15) is 5.10 Å². The molecule has 2 aromatic rings. The van der Waals surface area contributed by atoms with Gasteiger partial charge in [0.1, 0.15) is 11.6 Å². The fraction of sp³-hybridized carbons (Fsp3) is 0.250. The Hall–Kier alpha value is -2.01. The van der Waals surface area contributed by atoms with E-state index < -0.39 is 0 Å². The zero-order valence-corrected chi connectivity index (χ0v) is 9.35. The van der Waals surface area contributed by atoms with Crippen molar-refractivity contribution >= 4 is 5.82 Å². The summed E-state index contributed by atoms with van der Waals surface area (Å²) in [6.07, 6.45) is 0.903. The fourth-order valence-corrected chi connectivity index (χ4v) is 2.17. The number of phenolic OH excluding ortho intramolecular Hbond substituents is 1. The molecule has 0 atom stereocenters. The van der Waals surface area contributed by atoms with E-state index in [2.05, 4.69) is 10.4 Å². The SMILES string of the molecule is Nc1c2c(nn1-c1cccc(O)c1)CNCC2. The number of hydrogen-bond acceptors (Lipinski definition) is 4. The molecular weight excluding hydrogens is 216 g/mol. The van der Waals surface area contributed by atoms with Gasteiger partial charge in [-0.25, -0.2) is 4.68 Å². The second-order valence-electron chi connectivity index (χ2n) is 4.17. The smallest absolute Gasteiger partial charge is 0.130 e. The van der Waals surface area contributed by atoms with Crippen molar-refractivity contribution in [1.82, 2.24) is 15.1 Å². The molecule has 5 nitrogen and oxygen atoms in total. The maximum Gasteiger partial charge on any atom is 0.130 e. The van der Waals surface area contributed by atoms with E-state index in [9.17, 15) is 5.11 Å². The van der Waals surface area contributed by atoms with Gasteiger partial charge in [0, 0.05) is 18.2 Å². The van der Waals surface area contributed by atoms with Crippen LogP contribution in [0.5, 0.6) is 5.75 Å². The van der Waals surface area contributed by atoms with Crippen LogP contribution in [0.1, 0.15) is 11.3 Å². The Bertz CT molecular complexity index is 562. The third-order valence-electron chi connectivity index (χ3n) is 3.02. The number of phenols is 1. The van der Waals surface area contributed by atoms with Crippen LogP contribution in [0, 0.1) is 0 Å². The van der Waals surface area contributed by atoms with Gasteiger partial charge in [-0.3, -0.25) is 0 Å². The van der Waals surface area contributed by atoms with E-state index in [0.717, 1.165) is 36.5 Å². The van der Waals surface area contributed by atoms with Gasteiger partial charge in [0.2, 0.25) is 0 Å². The molecule has 0 radical (unpaired) electrons. The average Bonchev–Trinajstić information content (AvgIpc) is 2.68. The highest BCUT2D eigenvalue weighted by molar-refractivity contribution is 5.52. The zero-order valence-electron chi connectivity index (χ0n) is 9.35. The van der Waals surface area contributed by atoms with Gasteiger partial charge in [-0.05, 0) is 25.1 Å².